The van der Waals surface area contributed by atoms with E-state index >= 15 is 0 Å². The Morgan fingerprint density at radius 1 is 1.11 bits per heavy atom. The summed E-state index contributed by atoms with van der Waals surface area (Å²) in [6, 6.07) is 15.5. The monoisotopic (exact) mass is 358 g/mol. The first kappa shape index (κ1) is 15.7. The molecule has 4 aromatic rings. The number of para-hydroxylation sites is 1. The van der Waals surface area contributed by atoms with E-state index in [1.807, 2.05) is 55.5 Å². The van der Waals surface area contributed by atoms with Gasteiger partial charge < -0.3 is 10.6 Å². The van der Waals surface area contributed by atoms with Crippen molar-refractivity contribution < 1.29 is 4.79 Å². The first-order valence-electron chi connectivity index (χ1n) is 8.96. The molecular weight excluding hydrogens is 340 g/mol. The average molecular weight is 358 g/mol. The Kier molecular flexibility index (Phi) is 3.53. The molecule has 1 saturated heterocycles. The number of hydrogen-bond acceptors (Lipinski definition) is 5. The Morgan fingerprint density at radius 2 is 1.93 bits per heavy atom. The molecule has 2 aromatic carbocycles. The fourth-order valence-electron chi connectivity index (χ4n) is 3.47. The van der Waals surface area contributed by atoms with Crippen LogP contribution in [0, 0.1) is 6.92 Å². The Bertz CT molecular complexity index is 1180. The maximum absolute atomic E-state index is 12.0. The van der Waals surface area contributed by atoms with E-state index in [2.05, 4.69) is 10.6 Å². The van der Waals surface area contributed by atoms with Crippen LogP contribution in [0.4, 0.5) is 5.95 Å². The average Bonchev–Trinajstić information content (AvgIpc) is 3.29. The number of aryl methyl sites for hydroxylation is 1. The molecule has 0 unspecified atom stereocenters. The van der Waals surface area contributed by atoms with Crippen molar-refractivity contribution in [2.24, 2.45) is 0 Å². The highest BCUT2D eigenvalue weighted by Crippen LogP contribution is 2.26. The number of carbonyl (C=O) groups is 1. The van der Waals surface area contributed by atoms with Gasteiger partial charge in [-0.1, -0.05) is 36.4 Å². The number of hydrogen-bond donors (Lipinski definition) is 2. The number of nitrogens with one attached hydrogen (secondary N) is 2. The number of amides is 1. The van der Waals surface area contributed by atoms with Crippen molar-refractivity contribution in [3.63, 3.8) is 0 Å². The number of carbonyl (C=O) groups excluding carboxylic acids is 1. The molecule has 1 amide bonds. The number of aromatic nitrogens is 4. The normalized spacial score (nSPS) is 16.8. The minimum Gasteiger partial charge on any atom is -0.354 e. The van der Waals surface area contributed by atoms with Crippen LogP contribution in [-0.4, -0.2) is 38.1 Å². The Balaban J connectivity index is 1.73. The predicted octanol–water partition coefficient (Wildman–Crippen LogP) is 2.55. The second-order valence-corrected chi connectivity index (χ2v) is 6.71. The van der Waals surface area contributed by atoms with Gasteiger partial charge in [-0.3, -0.25) is 4.79 Å². The molecule has 27 heavy (non-hydrogen) atoms. The molecule has 134 valence electrons. The molecule has 0 aliphatic carbocycles. The van der Waals surface area contributed by atoms with Gasteiger partial charge in [0.2, 0.25) is 11.9 Å². The van der Waals surface area contributed by atoms with E-state index in [0.29, 0.717) is 24.7 Å². The Morgan fingerprint density at radius 3 is 2.74 bits per heavy atom. The minimum atomic E-state index is -0.312. The van der Waals surface area contributed by atoms with E-state index in [0.717, 1.165) is 27.7 Å². The molecule has 0 radical (unpaired) electrons. The Hall–Kier alpha value is -3.48. The lowest BCUT2D eigenvalue weighted by molar-refractivity contribution is -0.119. The maximum atomic E-state index is 12.0. The van der Waals surface area contributed by atoms with E-state index in [1.165, 1.54) is 0 Å². The third-order valence-corrected chi connectivity index (χ3v) is 4.92. The van der Waals surface area contributed by atoms with E-state index < -0.39 is 0 Å². The third-order valence-electron chi connectivity index (χ3n) is 4.92. The molecule has 5 rings (SSSR count). The van der Waals surface area contributed by atoms with Gasteiger partial charge in [0.1, 0.15) is 6.04 Å². The van der Waals surface area contributed by atoms with Crippen LogP contribution in [-0.2, 0) is 4.79 Å². The molecule has 1 fully saturated rings. The molecule has 3 heterocycles. The van der Waals surface area contributed by atoms with Crippen molar-refractivity contribution in [2.75, 3.05) is 11.9 Å². The van der Waals surface area contributed by atoms with Crippen LogP contribution in [0.5, 0.6) is 0 Å². The van der Waals surface area contributed by atoms with Gasteiger partial charge in [-0.15, -0.1) is 5.10 Å². The number of rotatable bonds is 3. The smallest absolute Gasteiger partial charge is 0.242 e. The summed E-state index contributed by atoms with van der Waals surface area (Å²) in [7, 11) is 0. The van der Waals surface area contributed by atoms with Crippen LogP contribution in [0.15, 0.2) is 48.5 Å². The summed E-state index contributed by atoms with van der Waals surface area (Å²) in [5.41, 5.74) is 3.62. The van der Waals surface area contributed by atoms with Gasteiger partial charge in [-0.25, -0.2) is 9.97 Å². The quantitative estimate of drug-likeness (QED) is 0.588. The van der Waals surface area contributed by atoms with Gasteiger partial charge in [0.05, 0.1) is 5.52 Å². The highest BCUT2D eigenvalue weighted by molar-refractivity contribution is 5.93. The summed E-state index contributed by atoms with van der Waals surface area (Å²) in [4.78, 5) is 21.5. The van der Waals surface area contributed by atoms with Crippen molar-refractivity contribution in [1.29, 1.82) is 0 Å². The van der Waals surface area contributed by atoms with Crippen molar-refractivity contribution in [1.82, 2.24) is 24.9 Å². The van der Waals surface area contributed by atoms with Gasteiger partial charge in [0.15, 0.2) is 11.5 Å². The molecule has 0 spiro atoms. The number of anilines is 1. The van der Waals surface area contributed by atoms with Gasteiger partial charge in [-0.05, 0) is 31.0 Å². The van der Waals surface area contributed by atoms with E-state index in [4.69, 9.17) is 15.1 Å². The fraction of sp³-hybridized carbons (Fsp3) is 0.200. The molecular formula is C20H18N6O. The summed E-state index contributed by atoms with van der Waals surface area (Å²) < 4.78 is 1.70. The van der Waals surface area contributed by atoms with Gasteiger partial charge in [0, 0.05) is 17.5 Å². The van der Waals surface area contributed by atoms with E-state index in [-0.39, 0.29) is 11.9 Å². The summed E-state index contributed by atoms with van der Waals surface area (Å²) in [6.07, 6.45) is 0.716. The number of benzene rings is 2. The highest BCUT2D eigenvalue weighted by atomic mass is 16.2. The van der Waals surface area contributed by atoms with Crippen LogP contribution in [0.2, 0.25) is 0 Å². The summed E-state index contributed by atoms with van der Waals surface area (Å²) in [5, 5.41) is 11.7. The van der Waals surface area contributed by atoms with Crippen molar-refractivity contribution in [3.05, 3.63) is 54.1 Å². The molecule has 2 aromatic heterocycles. The zero-order valence-corrected chi connectivity index (χ0v) is 14.8. The van der Waals surface area contributed by atoms with Crippen molar-refractivity contribution in [2.45, 2.75) is 19.4 Å². The second kappa shape index (κ2) is 6.05. The van der Waals surface area contributed by atoms with Crippen molar-refractivity contribution in [3.8, 4) is 11.4 Å². The molecule has 1 aliphatic heterocycles. The third kappa shape index (κ3) is 2.59. The molecule has 7 nitrogen and oxygen atoms in total. The van der Waals surface area contributed by atoms with Crippen molar-refractivity contribution >= 4 is 28.4 Å². The van der Waals surface area contributed by atoms with Gasteiger partial charge in [-0.2, -0.15) is 4.52 Å². The van der Waals surface area contributed by atoms with E-state index in [1.54, 1.807) is 4.52 Å². The first-order chi connectivity index (χ1) is 13.2. The molecule has 0 bridgehead atoms. The van der Waals surface area contributed by atoms with Gasteiger partial charge >= 0.3 is 0 Å². The lowest BCUT2D eigenvalue weighted by Gasteiger charge is -2.12. The van der Waals surface area contributed by atoms with Gasteiger partial charge in [0.25, 0.3) is 0 Å². The summed E-state index contributed by atoms with van der Waals surface area (Å²) >= 11 is 0. The molecule has 0 saturated carbocycles. The second-order valence-electron chi connectivity index (χ2n) is 6.71. The summed E-state index contributed by atoms with van der Waals surface area (Å²) in [5.74, 6) is 1.15. The first-order valence-corrected chi connectivity index (χ1v) is 8.96. The molecule has 2 N–H and O–H groups in total. The van der Waals surface area contributed by atoms with E-state index in [9.17, 15) is 4.79 Å². The zero-order valence-electron chi connectivity index (χ0n) is 14.8. The van der Waals surface area contributed by atoms with Crippen LogP contribution in [0.1, 0.15) is 12.0 Å². The SMILES string of the molecule is Cc1ccccc1-c1nc2c3ccccc3nc(N[C@@H]3CCNC3=O)n2n1. The maximum Gasteiger partial charge on any atom is 0.242 e. The molecule has 1 atom stereocenters. The molecule has 7 heteroatoms. The van der Waals surface area contributed by atoms with Crippen LogP contribution in [0.3, 0.4) is 0 Å². The highest BCUT2D eigenvalue weighted by Gasteiger charge is 2.26. The van der Waals surface area contributed by atoms with Crippen LogP contribution in [0.25, 0.3) is 27.9 Å². The standard InChI is InChI=1S/C20H18N6O/c1-12-6-2-3-7-13(12)17-24-18-14-8-4-5-9-15(14)22-20(26(18)25-17)23-16-10-11-21-19(16)27/h2-9,16H,10-11H2,1H3,(H,21,27)(H,22,23)/t16-/m1/s1. The minimum absolute atomic E-state index is 0.0163. The summed E-state index contributed by atoms with van der Waals surface area (Å²) in [6.45, 7) is 2.71. The zero-order chi connectivity index (χ0) is 18.4. The largest absolute Gasteiger partial charge is 0.354 e. The van der Waals surface area contributed by atoms with Crippen LogP contribution >= 0.6 is 0 Å². The van der Waals surface area contributed by atoms with Crippen LogP contribution < -0.4 is 10.6 Å². The molecule has 1 aliphatic rings. The lowest BCUT2D eigenvalue weighted by atomic mass is 10.1. The Labute approximate surface area is 155 Å². The lowest BCUT2D eigenvalue weighted by Crippen LogP contribution is -2.30. The number of fused-ring (bicyclic) bond motifs is 3. The fourth-order valence-corrected chi connectivity index (χ4v) is 3.47. The topological polar surface area (TPSA) is 84.2 Å². The predicted molar refractivity (Wildman–Crippen MR) is 103 cm³/mol. The number of nitrogens with zero attached hydrogens (tertiary/aromatic N) is 4.